The second-order valence-electron chi connectivity index (χ2n) is 3.51. The first kappa shape index (κ1) is 11.7. The summed E-state index contributed by atoms with van der Waals surface area (Å²) in [5, 5.41) is 8.18. The van der Waals surface area contributed by atoms with Gasteiger partial charge in [0.2, 0.25) is 0 Å². The smallest absolute Gasteiger partial charge is 0.347 e. The average Bonchev–Trinajstić information content (AvgIpc) is 2.77. The van der Waals surface area contributed by atoms with Gasteiger partial charge >= 0.3 is 5.69 Å². The van der Waals surface area contributed by atoms with Gasteiger partial charge in [0.1, 0.15) is 10.7 Å². The lowest BCUT2D eigenvalue weighted by Gasteiger charge is -2.04. The van der Waals surface area contributed by atoms with Crippen LogP contribution in [0.5, 0.6) is 0 Å². The summed E-state index contributed by atoms with van der Waals surface area (Å²) in [6.45, 7) is 3.36. The van der Waals surface area contributed by atoms with Crippen LogP contribution in [0.2, 0.25) is 0 Å². The number of aromatic nitrogens is 4. The van der Waals surface area contributed by atoms with Crippen molar-refractivity contribution in [1.29, 1.82) is 0 Å². The van der Waals surface area contributed by atoms with E-state index < -0.39 is 0 Å². The highest BCUT2D eigenvalue weighted by atomic mass is 32.1. The predicted octanol–water partition coefficient (Wildman–Crippen LogP) is 0.965. The summed E-state index contributed by atoms with van der Waals surface area (Å²) >= 11 is 1.31. The molecule has 0 aromatic carbocycles. The first-order valence-electron chi connectivity index (χ1n) is 5.38. The fourth-order valence-electron chi connectivity index (χ4n) is 1.35. The van der Waals surface area contributed by atoms with E-state index in [9.17, 15) is 4.79 Å². The average molecular weight is 251 g/mol. The molecule has 2 heterocycles. The lowest BCUT2D eigenvalue weighted by atomic mass is 10.4. The molecule has 0 spiro atoms. The fraction of sp³-hybridized carbons (Fsp3) is 0.400. The Morgan fingerprint density at radius 3 is 3.18 bits per heavy atom. The number of nitrogens with zero attached hydrogens (tertiary/aromatic N) is 4. The quantitative estimate of drug-likeness (QED) is 0.857. The first-order valence-corrected chi connectivity index (χ1v) is 6.15. The topological polar surface area (TPSA) is 72.7 Å². The van der Waals surface area contributed by atoms with Crippen molar-refractivity contribution in [2.45, 2.75) is 19.9 Å². The van der Waals surface area contributed by atoms with Crippen LogP contribution in [-0.4, -0.2) is 25.7 Å². The molecule has 7 heteroatoms. The summed E-state index contributed by atoms with van der Waals surface area (Å²) in [5.41, 5.74) is 0.500. The minimum absolute atomic E-state index is 0.276. The zero-order valence-electron chi connectivity index (χ0n) is 9.46. The number of hydrogen-bond donors (Lipinski definition) is 1. The van der Waals surface area contributed by atoms with Crippen molar-refractivity contribution in [3.63, 3.8) is 0 Å². The Balaban J connectivity index is 2.16. The highest BCUT2D eigenvalue weighted by molar-refractivity contribution is 7.10. The van der Waals surface area contributed by atoms with Gasteiger partial charge in [-0.25, -0.2) is 9.78 Å². The molecule has 0 aliphatic carbocycles. The van der Waals surface area contributed by atoms with Crippen molar-refractivity contribution in [2.24, 2.45) is 0 Å². The van der Waals surface area contributed by atoms with Gasteiger partial charge in [-0.15, -0.1) is 5.10 Å². The Hall–Kier alpha value is -1.76. The summed E-state index contributed by atoms with van der Waals surface area (Å²) in [6, 6.07) is 1.72. The molecule has 0 unspecified atom stereocenters. The van der Waals surface area contributed by atoms with Gasteiger partial charge in [0.05, 0.1) is 6.54 Å². The second-order valence-corrected chi connectivity index (χ2v) is 4.26. The molecule has 2 aromatic heterocycles. The third-order valence-electron chi connectivity index (χ3n) is 2.19. The summed E-state index contributed by atoms with van der Waals surface area (Å²) in [6.07, 6.45) is 4.21. The zero-order valence-corrected chi connectivity index (χ0v) is 10.3. The maximum atomic E-state index is 11.5. The molecule has 2 aromatic rings. The van der Waals surface area contributed by atoms with E-state index in [0.717, 1.165) is 23.7 Å². The van der Waals surface area contributed by atoms with Crippen LogP contribution in [0.1, 0.15) is 19.0 Å². The summed E-state index contributed by atoms with van der Waals surface area (Å²) in [7, 11) is 0. The van der Waals surface area contributed by atoms with E-state index in [1.54, 1.807) is 12.3 Å². The predicted molar refractivity (Wildman–Crippen MR) is 66.3 cm³/mol. The number of nitrogens with one attached hydrogen (secondary N) is 1. The summed E-state index contributed by atoms with van der Waals surface area (Å²) in [4.78, 5) is 15.2. The first-order chi connectivity index (χ1) is 8.31. The number of rotatable bonds is 5. The van der Waals surface area contributed by atoms with Crippen LogP contribution >= 0.6 is 11.5 Å². The van der Waals surface area contributed by atoms with Crippen molar-refractivity contribution in [1.82, 2.24) is 19.1 Å². The molecule has 0 bridgehead atoms. The zero-order chi connectivity index (χ0) is 12.1. The van der Waals surface area contributed by atoms with Gasteiger partial charge in [-0.05, 0) is 12.5 Å². The molecule has 0 saturated carbocycles. The molecule has 1 N–H and O–H groups in total. The molecule has 0 amide bonds. The molecule has 17 heavy (non-hydrogen) atoms. The molecule has 90 valence electrons. The molecular weight excluding hydrogens is 238 g/mol. The lowest BCUT2D eigenvalue weighted by molar-refractivity contribution is 0.708. The van der Waals surface area contributed by atoms with E-state index >= 15 is 0 Å². The Bertz CT molecular complexity index is 535. The molecule has 0 aliphatic rings. The second kappa shape index (κ2) is 5.53. The normalized spacial score (nSPS) is 10.4. The van der Waals surface area contributed by atoms with Gasteiger partial charge in [-0.2, -0.15) is 0 Å². The maximum absolute atomic E-state index is 11.5. The molecule has 2 rings (SSSR count). The number of hydrogen-bond acceptors (Lipinski definition) is 6. The third kappa shape index (κ3) is 2.88. The van der Waals surface area contributed by atoms with E-state index in [0.29, 0.717) is 6.54 Å². The largest absolute Gasteiger partial charge is 0.374 e. The van der Waals surface area contributed by atoms with Gasteiger partial charge in [-0.1, -0.05) is 11.4 Å². The van der Waals surface area contributed by atoms with Crippen LogP contribution in [0, 0.1) is 0 Å². The van der Waals surface area contributed by atoms with Crippen LogP contribution in [0.3, 0.4) is 0 Å². The van der Waals surface area contributed by atoms with Gasteiger partial charge in [-0.3, -0.25) is 4.57 Å². The highest BCUT2D eigenvalue weighted by Crippen LogP contribution is 2.17. The Kier molecular flexibility index (Phi) is 3.81. The molecule has 6 nitrogen and oxygen atoms in total. The van der Waals surface area contributed by atoms with E-state index in [1.807, 2.05) is 0 Å². The Morgan fingerprint density at radius 2 is 2.41 bits per heavy atom. The monoisotopic (exact) mass is 251 g/mol. The van der Waals surface area contributed by atoms with Crippen LogP contribution < -0.4 is 11.0 Å². The minimum atomic E-state index is -0.276. The van der Waals surface area contributed by atoms with Crippen LogP contribution in [0.4, 0.5) is 5.00 Å². The van der Waals surface area contributed by atoms with Crippen molar-refractivity contribution in [3.05, 3.63) is 34.6 Å². The fourth-order valence-corrected chi connectivity index (χ4v) is 1.95. The lowest BCUT2D eigenvalue weighted by Crippen LogP contribution is -2.22. The van der Waals surface area contributed by atoms with Crippen molar-refractivity contribution in [2.75, 3.05) is 11.9 Å². The van der Waals surface area contributed by atoms with Crippen molar-refractivity contribution in [3.8, 4) is 0 Å². The van der Waals surface area contributed by atoms with E-state index in [1.165, 1.54) is 22.3 Å². The van der Waals surface area contributed by atoms with E-state index in [2.05, 4.69) is 26.8 Å². The molecule has 0 saturated heterocycles. The molecular formula is C10H13N5OS. The molecule has 0 aliphatic heterocycles. The molecule has 0 atom stereocenters. The number of anilines is 1. The Morgan fingerprint density at radius 1 is 1.53 bits per heavy atom. The van der Waals surface area contributed by atoms with Crippen LogP contribution in [0.25, 0.3) is 0 Å². The third-order valence-corrected chi connectivity index (χ3v) is 2.92. The summed E-state index contributed by atoms with van der Waals surface area (Å²) < 4.78 is 5.40. The van der Waals surface area contributed by atoms with Crippen LogP contribution in [-0.2, 0) is 6.54 Å². The van der Waals surface area contributed by atoms with Crippen molar-refractivity contribution < 1.29 is 0 Å². The van der Waals surface area contributed by atoms with Gasteiger partial charge in [0.25, 0.3) is 0 Å². The maximum Gasteiger partial charge on any atom is 0.347 e. The highest BCUT2D eigenvalue weighted by Gasteiger charge is 2.08. The van der Waals surface area contributed by atoms with Gasteiger partial charge in [0.15, 0.2) is 0 Å². The standard InChI is InChI=1S/C10H13N5OS/c1-2-4-11-9-8(13-14-17-9)7-15-6-3-5-12-10(15)16/h3,5-6,11H,2,4,7H2,1H3. The summed E-state index contributed by atoms with van der Waals surface area (Å²) in [5.74, 6) is 0. The molecule has 0 radical (unpaired) electrons. The molecule has 0 fully saturated rings. The van der Waals surface area contributed by atoms with E-state index in [-0.39, 0.29) is 5.69 Å². The van der Waals surface area contributed by atoms with Gasteiger partial charge in [0, 0.05) is 30.5 Å². The van der Waals surface area contributed by atoms with E-state index in [4.69, 9.17) is 0 Å². The Labute approximate surface area is 102 Å². The van der Waals surface area contributed by atoms with Gasteiger partial charge < -0.3 is 5.32 Å². The SMILES string of the molecule is CCCNc1snnc1Cn1cccnc1=O. The van der Waals surface area contributed by atoms with Crippen LogP contribution in [0.15, 0.2) is 23.3 Å². The minimum Gasteiger partial charge on any atom is -0.374 e. The van der Waals surface area contributed by atoms with Crippen molar-refractivity contribution >= 4 is 16.5 Å².